The Kier molecular flexibility index (Phi) is 7.14. The van der Waals surface area contributed by atoms with Gasteiger partial charge in [-0.3, -0.25) is 0 Å². The van der Waals surface area contributed by atoms with Crippen LogP contribution in [-0.4, -0.2) is 0 Å². The molecule has 0 saturated carbocycles. The molecule has 1 unspecified atom stereocenters. The molecular formula is C55H36N2O. The zero-order valence-corrected chi connectivity index (χ0v) is 31.6. The lowest BCUT2D eigenvalue weighted by molar-refractivity contribution is 0.669. The maximum Gasteiger partial charge on any atom is 0.135 e. The van der Waals surface area contributed by atoms with Crippen molar-refractivity contribution in [1.29, 1.82) is 0 Å². The molecule has 0 aliphatic heterocycles. The second-order valence-electron chi connectivity index (χ2n) is 15.2. The first-order valence-corrected chi connectivity index (χ1v) is 19.9. The Bertz CT molecular complexity index is 3150. The number of nitrogens with zero attached hydrogens (tertiary/aromatic N) is 2. The van der Waals surface area contributed by atoms with Gasteiger partial charge < -0.3 is 14.2 Å². The zero-order valence-electron chi connectivity index (χ0n) is 31.6. The van der Waals surface area contributed by atoms with Crippen LogP contribution in [0.1, 0.15) is 22.3 Å². The van der Waals surface area contributed by atoms with E-state index >= 15 is 0 Å². The molecule has 0 bridgehead atoms. The molecule has 0 N–H and O–H groups in total. The monoisotopic (exact) mass is 740 g/mol. The van der Waals surface area contributed by atoms with E-state index in [1.165, 1.54) is 44.5 Å². The fraction of sp³-hybridized carbons (Fsp3) is 0.0182. The van der Waals surface area contributed by atoms with E-state index in [9.17, 15) is 0 Å². The van der Waals surface area contributed by atoms with Crippen LogP contribution in [-0.2, 0) is 5.41 Å². The molecule has 0 amide bonds. The first-order valence-electron chi connectivity index (χ1n) is 19.9. The summed E-state index contributed by atoms with van der Waals surface area (Å²) in [5, 5.41) is 2.22. The molecule has 0 saturated heterocycles. The number of hydrogen-bond acceptors (Lipinski definition) is 3. The first-order chi connectivity index (χ1) is 28.8. The lowest BCUT2D eigenvalue weighted by atomic mass is 9.70. The van der Waals surface area contributed by atoms with Crippen LogP contribution < -0.4 is 9.80 Å². The van der Waals surface area contributed by atoms with Crippen LogP contribution in [0.5, 0.6) is 0 Å². The molecule has 272 valence electrons. The van der Waals surface area contributed by atoms with Gasteiger partial charge in [0.15, 0.2) is 0 Å². The molecule has 1 spiro atoms. The summed E-state index contributed by atoms with van der Waals surface area (Å²) in [5.41, 5.74) is 18.1. The van der Waals surface area contributed by atoms with E-state index in [-0.39, 0.29) is 0 Å². The van der Waals surface area contributed by atoms with E-state index in [4.69, 9.17) is 4.42 Å². The minimum Gasteiger partial charge on any atom is -0.456 e. The third kappa shape index (κ3) is 4.62. The molecule has 58 heavy (non-hydrogen) atoms. The van der Waals surface area contributed by atoms with Gasteiger partial charge in [0.05, 0.1) is 11.1 Å². The van der Waals surface area contributed by atoms with Gasteiger partial charge in [0.2, 0.25) is 0 Å². The van der Waals surface area contributed by atoms with E-state index < -0.39 is 5.41 Å². The number of fused-ring (bicyclic) bond motifs is 13. The molecule has 0 fully saturated rings. The van der Waals surface area contributed by atoms with Gasteiger partial charge in [0, 0.05) is 44.8 Å². The fourth-order valence-corrected chi connectivity index (χ4v) is 9.94. The average molecular weight is 741 g/mol. The number of para-hydroxylation sites is 4. The van der Waals surface area contributed by atoms with E-state index in [0.717, 1.165) is 56.1 Å². The van der Waals surface area contributed by atoms with Gasteiger partial charge in [-0.25, -0.2) is 0 Å². The Balaban J connectivity index is 1.14. The lowest BCUT2D eigenvalue weighted by Crippen LogP contribution is -2.26. The Morgan fingerprint density at radius 1 is 0.310 bits per heavy atom. The molecule has 1 heterocycles. The summed E-state index contributed by atoms with van der Waals surface area (Å²) >= 11 is 0. The smallest absolute Gasteiger partial charge is 0.135 e. The number of rotatable bonds is 6. The zero-order chi connectivity index (χ0) is 38.2. The van der Waals surface area contributed by atoms with E-state index in [1.54, 1.807) is 0 Å². The highest BCUT2D eigenvalue weighted by Gasteiger charge is 2.52. The van der Waals surface area contributed by atoms with Gasteiger partial charge in [0.1, 0.15) is 11.2 Å². The third-order valence-corrected chi connectivity index (χ3v) is 12.2. The van der Waals surface area contributed by atoms with E-state index in [1.807, 2.05) is 12.1 Å². The maximum atomic E-state index is 6.31. The Hall–Kier alpha value is -7.62. The molecule has 2 aliphatic carbocycles. The van der Waals surface area contributed by atoms with Gasteiger partial charge in [-0.1, -0.05) is 140 Å². The van der Waals surface area contributed by atoms with Crippen molar-refractivity contribution in [2.45, 2.75) is 5.41 Å². The van der Waals surface area contributed by atoms with Crippen LogP contribution in [0.2, 0.25) is 0 Å². The maximum absolute atomic E-state index is 6.31. The molecule has 10 aromatic rings. The minimum absolute atomic E-state index is 0.546. The molecular weight excluding hydrogens is 705 g/mol. The van der Waals surface area contributed by atoms with Crippen LogP contribution in [0.15, 0.2) is 223 Å². The van der Waals surface area contributed by atoms with Gasteiger partial charge in [0.25, 0.3) is 0 Å². The summed E-state index contributed by atoms with van der Waals surface area (Å²) in [6, 6.07) is 79.3. The van der Waals surface area contributed by atoms with Crippen molar-refractivity contribution in [2.24, 2.45) is 0 Å². The van der Waals surface area contributed by atoms with Crippen molar-refractivity contribution in [3.05, 3.63) is 241 Å². The van der Waals surface area contributed by atoms with Crippen LogP contribution in [0.3, 0.4) is 0 Å². The van der Waals surface area contributed by atoms with Crippen molar-refractivity contribution in [3.63, 3.8) is 0 Å². The molecule has 2 aliphatic rings. The summed E-state index contributed by atoms with van der Waals surface area (Å²) in [6.45, 7) is 0. The molecule has 1 atom stereocenters. The topological polar surface area (TPSA) is 19.6 Å². The van der Waals surface area contributed by atoms with Gasteiger partial charge >= 0.3 is 0 Å². The highest BCUT2D eigenvalue weighted by molar-refractivity contribution is 6.07. The SMILES string of the molecule is c1ccc(N(c2ccccc2)c2ccc3c(c2)C2(c4ccccc4-3)c3ccccc3-c3c(N(c4ccccc4)c4ccc5oc6ccccc6c5c4)cccc32)cc1. The highest BCUT2D eigenvalue weighted by Crippen LogP contribution is 2.65. The normalized spacial score (nSPS) is 14.6. The number of benzene rings is 9. The predicted octanol–water partition coefficient (Wildman–Crippen LogP) is 14.9. The molecule has 3 heteroatoms. The number of hydrogen-bond donors (Lipinski definition) is 0. The van der Waals surface area contributed by atoms with Crippen molar-refractivity contribution >= 4 is 56.1 Å². The van der Waals surface area contributed by atoms with E-state index in [2.05, 4.69) is 216 Å². The lowest BCUT2D eigenvalue weighted by Gasteiger charge is -2.33. The standard InChI is InChI=1S/C55H36N2O/c1-4-17-37(18-5-1)56(38-19-6-2-7-20-38)41-31-33-43-42-23-10-13-26-47(42)55(50(43)36-41)48-27-14-11-25-45(48)54-49(55)28-16-29-51(54)57(39-21-8-3-9-22-39)40-32-34-53-46(35-40)44-24-12-15-30-52(44)58-53/h1-36H. The van der Waals surface area contributed by atoms with Crippen molar-refractivity contribution in [2.75, 3.05) is 9.80 Å². The van der Waals surface area contributed by atoms with Gasteiger partial charge in [-0.2, -0.15) is 0 Å². The number of furan rings is 1. The fourth-order valence-electron chi connectivity index (χ4n) is 9.94. The number of anilines is 6. The van der Waals surface area contributed by atoms with Crippen LogP contribution in [0.25, 0.3) is 44.2 Å². The largest absolute Gasteiger partial charge is 0.456 e. The van der Waals surface area contributed by atoms with Gasteiger partial charge in [-0.15, -0.1) is 0 Å². The molecule has 12 rings (SSSR count). The van der Waals surface area contributed by atoms with Crippen molar-refractivity contribution in [3.8, 4) is 22.3 Å². The molecule has 1 aromatic heterocycles. The second-order valence-corrected chi connectivity index (χ2v) is 15.2. The highest BCUT2D eigenvalue weighted by atomic mass is 16.3. The molecule has 3 nitrogen and oxygen atoms in total. The van der Waals surface area contributed by atoms with Gasteiger partial charge in [-0.05, 0) is 118 Å². The van der Waals surface area contributed by atoms with Crippen LogP contribution in [0, 0.1) is 0 Å². The summed E-state index contributed by atoms with van der Waals surface area (Å²) in [4.78, 5) is 4.81. The second kappa shape index (κ2) is 12.7. The van der Waals surface area contributed by atoms with Crippen LogP contribution in [0.4, 0.5) is 34.1 Å². The van der Waals surface area contributed by atoms with Crippen LogP contribution >= 0.6 is 0 Å². The molecule has 0 radical (unpaired) electrons. The summed E-state index contributed by atoms with van der Waals surface area (Å²) in [6.07, 6.45) is 0. The summed E-state index contributed by atoms with van der Waals surface area (Å²) in [5.74, 6) is 0. The van der Waals surface area contributed by atoms with E-state index in [0.29, 0.717) is 0 Å². The summed E-state index contributed by atoms with van der Waals surface area (Å²) in [7, 11) is 0. The average Bonchev–Trinajstić information content (AvgIpc) is 3.92. The quantitative estimate of drug-likeness (QED) is 0.169. The minimum atomic E-state index is -0.546. The molecule has 9 aromatic carbocycles. The first kappa shape index (κ1) is 32.6. The third-order valence-electron chi connectivity index (χ3n) is 12.2. The Labute approximate surface area is 337 Å². The Morgan fingerprint density at radius 3 is 1.55 bits per heavy atom. The Morgan fingerprint density at radius 2 is 0.828 bits per heavy atom. The van der Waals surface area contributed by atoms with Crippen molar-refractivity contribution < 1.29 is 4.42 Å². The summed E-state index contributed by atoms with van der Waals surface area (Å²) < 4.78 is 6.31. The van der Waals surface area contributed by atoms with Crippen molar-refractivity contribution in [1.82, 2.24) is 0 Å². The predicted molar refractivity (Wildman–Crippen MR) is 239 cm³/mol.